The van der Waals surface area contributed by atoms with E-state index in [4.69, 9.17) is 0 Å². The topological polar surface area (TPSA) is 82.5 Å². The van der Waals surface area contributed by atoms with Gasteiger partial charge >= 0.3 is 0 Å². The van der Waals surface area contributed by atoms with Gasteiger partial charge in [-0.3, -0.25) is 9.78 Å². The molecule has 1 aromatic rings. The van der Waals surface area contributed by atoms with Crippen LogP contribution in [0.5, 0.6) is 0 Å². The molecule has 5 nitrogen and oxygen atoms in total. The molecule has 0 aromatic carbocycles. The summed E-state index contributed by atoms with van der Waals surface area (Å²) in [7, 11) is 3.56. The van der Waals surface area contributed by atoms with Crippen molar-refractivity contribution in [2.45, 2.75) is 70.3 Å². The number of aromatic nitrogens is 1. The fourth-order valence-electron chi connectivity index (χ4n) is 2.65. The van der Waals surface area contributed by atoms with Gasteiger partial charge in [0.1, 0.15) is 0 Å². The smallest absolute Gasteiger partial charge is 0.220 e. The Morgan fingerprint density at radius 3 is 2.38 bits per heavy atom. The molecule has 0 aliphatic heterocycles. The van der Waals surface area contributed by atoms with E-state index in [1.54, 1.807) is 10.8 Å². The van der Waals surface area contributed by atoms with Crippen molar-refractivity contribution in [2.75, 3.05) is 12.8 Å². The summed E-state index contributed by atoms with van der Waals surface area (Å²) >= 11 is 0. The number of aliphatic hydroxyl groups is 2. The number of rotatable bonds is 13. The average Bonchev–Trinajstić information content (AvgIpc) is 2.62. The normalized spacial score (nSPS) is 11.6. The van der Waals surface area contributed by atoms with Crippen LogP contribution in [0.15, 0.2) is 12.1 Å². The summed E-state index contributed by atoms with van der Waals surface area (Å²) in [4.78, 5) is 16.1. The Morgan fingerprint density at radius 2 is 1.81 bits per heavy atom. The maximum Gasteiger partial charge on any atom is 0.220 e. The van der Waals surface area contributed by atoms with Gasteiger partial charge in [-0.15, -0.1) is 0 Å². The second-order valence-electron chi connectivity index (χ2n) is 6.94. The molecule has 0 bridgehead atoms. The number of hydrogen-bond acceptors (Lipinski definition) is 6. The van der Waals surface area contributed by atoms with Crippen molar-refractivity contribution in [3.63, 3.8) is 0 Å². The number of aliphatic hydroxyl groups excluding tert-OH is 2. The van der Waals surface area contributed by atoms with Crippen LogP contribution in [0.25, 0.3) is 0 Å². The summed E-state index contributed by atoms with van der Waals surface area (Å²) in [6.45, 7) is 4.84. The molecule has 0 aliphatic carbocycles. The first-order valence-electron chi connectivity index (χ1n) is 9.09. The fraction of sp³-hybridized carbons (Fsp3) is 0.684. The van der Waals surface area contributed by atoms with Crippen LogP contribution in [-0.2, 0) is 24.4 Å². The largest absolute Gasteiger partial charge is 0.390 e. The molecule has 26 heavy (non-hydrogen) atoms. The van der Waals surface area contributed by atoms with Crippen molar-refractivity contribution in [2.24, 2.45) is 0 Å². The lowest BCUT2D eigenvalue weighted by Crippen LogP contribution is -2.26. The van der Waals surface area contributed by atoms with Crippen molar-refractivity contribution in [3.8, 4) is 0 Å². The third-order valence-corrected chi connectivity index (χ3v) is 6.72. The van der Waals surface area contributed by atoms with Crippen molar-refractivity contribution in [3.05, 3.63) is 29.1 Å². The summed E-state index contributed by atoms with van der Waals surface area (Å²) < 4.78 is 0.127. The summed E-state index contributed by atoms with van der Waals surface area (Å²) in [5.41, 5.74) is 2.29. The SMILES string of the molecule is CSSC(C)(C)CCC(=O)NCCCCCc1cc(CO)nc(CO)c1. The summed E-state index contributed by atoms with van der Waals surface area (Å²) in [5, 5.41) is 21.4. The third-order valence-electron chi connectivity index (χ3n) is 4.04. The summed E-state index contributed by atoms with van der Waals surface area (Å²) in [6.07, 6.45) is 7.40. The molecular weight excluding hydrogens is 368 g/mol. The van der Waals surface area contributed by atoms with E-state index in [1.807, 2.05) is 22.9 Å². The number of amides is 1. The van der Waals surface area contributed by atoms with Gasteiger partial charge in [-0.05, 0) is 63.5 Å². The van der Waals surface area contributed by atoms with Crippen LogP contribution in [0.4, 0.5) is 0 Å². The van der Waals surface area contributed by atoms with Crippen LogP contribution in [-0.4, -0.2) is 38.7 Å². The van der Waals surface area contributed by atoms with Gasteiger partial charge in [-0.2, -0.15) is 0 Å². The molecule has 0 spiro atoms. The lowest BCUT2D eigenvalue weighted by molar-refractivity contribution is -0.121. The van der Waals surface area contributed by atoms with Crippen LogP contribution < -0.4 is 5.32 Å². The van der Waals surface area contributed by atoms with E-state index in [1.165, 1.54) is 0 Å². The maximum atomic E-state index is 11.9. The highest BCUT2D eigenvalue weighted by Gasteiger charge is 2.19. The lowest BCUT2D eigenvalue weighted by Gasteiger charge is -2.21. The van der Waals surface area contributed by atoms with Crippen molar-refractivity contribution < 1.29 is 15.0 Å². The number of carbonyl (C=O) groups is 1. The predicted octanol–water partition coefficient (Wildman–Crippen LogP) is 3.47. The Labute approximate surface area is 165 Å². The number of hydrogen-bond donors (Lipinski definition) is 3. The Kier molecular flexibility index (Phi) is 11.3. The first kappa shape index (κ1) is 23.3. The number of nitrogens with one attached hydrogen (secondary N) is 1. The molecule has 148 valence electrons. The van der Waals surface area contributed by atoms with Gasteiger partial charge in [0.25, 0.3) is 0 Å². The van der Waals surface area contributed by atoms with E-state index in [2.05, 4.69) is 30.4 Å². The lowest BCUT2D eigenvalue weighted by atomic mass is 10.1. The summed E-state index contributed by atoms with van der Waals surface area (Å²) in [6, 6.07) is 3.77. The third kappa shape index (κ3) is 9.80. The van der Waals surface area contributed by atoms with E-state index < -0.39 is 0 Å². The second-order valence-corrected chi connectivity index (χ2v) is 10.0. The number of unbranched alkanes of at least 4 members (excludes halogenated alkanes) is 2. The van der Waals surface area contributed by atoms with E-state index >= 15 is 0 Å². The Hall–Kier alpha value is -0.760. The molecule has 1 amide bonds. The standard InChI is InChI=1S/C19H32N2O3S2/c1-19(2,26-25-3)9-8-18(24)20-10-6-4-5-7-15-11-16(13-22)21-17(12-15)14-23/h11-12,22-23H,4-10,13-14H2,1-3H3,(H,20,24). The molecule has 3 N–H and O–H groups in total. The van der Waals surface area contributed by atoms with Gasteiger partial charge in [-0.1, -0.05) is 28.0 Å². The molecule has 0 saturated carbocycles. The van der Waals surface area contributed by atoms with Gasteiger partial charge in [0.2, 0.25) is 5.91 Å². The highest BCUT2D eigenvalue weighted by molar-refractivity contribution is 8.76. The molecule has 0 aliphatic rings. The van der Waals surface area contributed by atoms with Crippen LogP contribution in [0.3, 0.4) is 0 Å². The Morgan fingerprint density at radius 1 is 1.15 bits per heavy atom. The molecule has 0 atom stereocenters. The van der Waals surface area contributed by atoms with Crippen LogP contribution in [0, 0.1) is 0 Å². The number of pyridine rings is 1. The minimum atomic E-state index is -0.112. The molecule has 7 heteroatoms. The van der Waals surface area contributed by atoms with E-state index in [-0.39, 0.29) is 23.9 Å². The van der Waals surface area contributed by atoms with Crippen LogP contribution in [0.1, 0.15) is 62.9 Å². The molecule has 1 aromatic heterocycles. The molecule has 1 heterocycles. The quantitative estimate of drug-likeness (QED) is 0.347. The molecule has 1 rings (SSSR count). The van der Waals surface area contributed by atoms with Crippen LogP contribution >= 0.6 is 21.6 Å². The molecule has 0 fully saturated rings. The number of carbonyl (C=O) groups excluding carboxylic acids is 1. The Balaban J connectivity index is 2.18. The van der Waals surface area contributed by atoms with E-state index in [0.717, 1.165) is 44.2 Å². The zero-order valence-corrected chi connectivity index (χ0v) is 17.7. The minimum Gasteiger partial charge on any atom is -0.390 e. The molecule has 0 radical (unpaired) electrons. The average molecular weight is 401 g/mol. The minimum absolute atomic E-state index is 0.112. The number of aryl methyl sites for hydroxylation is 1. The predicted molar refractivity (Wildman–Crippen MR) is 111 cm³/mol. The van der Waals surface area contributed by atoms with Gasteiger partial charge < -0.3 is 15.5 Å². The first-order chi connectivity index (χ1) is 12.4. The first-order valence-corrected chi connectivity index (χ1v) is 11.6. The Bertz CT molecular complexity index is 531. The van der Waals surface area contributed by atoms with E-state index in [9.17, 15) is 15.0 Å². The molecule has 0 unspecified atom stereocenters. The number of nitrogens with zero attached hydrogens (tertiary/aromatic N) is 1. The van der Waals surface area contributed by atoms with E-state index in [0.29, 0.717) is 17.8 Å². The zero-order valence-electron chi connectivity index (χ0n) is 16.1. The van der Waals surface area contributed by atoms with Gasteiger partial charge in [0, 0.05) is 17.7 Å². The maximum absolute atomic E-state index is 11.9. The highest BCUT2D eigenvalue weighted by atomic mass is 33.1. The zero-order chi connectivity index (χ0) is 19.4. The van der Waals surface area contributed by atoms with Crippen molar-refractivity contribution >= 4 is 27.5 Å². The highest BCUT2D eigenvalue weighted by Crippen LogP contribution is 2.36. The van der Waals surface area contributed by atoms with Crippen molar-refractivity contribution in [1.29, 1.82) is 0 Å². The monoisotopic (exact) mass is 400 g/mol. The molecule has 0 saturated heterocycles. The second kappa shape index (κ2) is 12.6. The fourth-order valence-corrected chi connectivity index (χ4v) is 4.89. The molecular formula is C19H32N2O3S2. The van der Waals surface area contributed by atoms with Gasteiger partial charge in [0.15, 0.2) is 0 Å². The van der Waals surface area contributed by atoms with Gasteiger partial charge in [-0.25, -0.2) is 0 Å². The summed E-state index contributed by atoms with van der Waals surface area (Å²) in [5.74, 6) is 0.133. The van der Waals surface area contributed by atoms with Crippen LogP contribution in [0.2, 0.25) is 0 Å². The van der Waals surface area contributed by atoms with Crippen molar-refractivity contribution in [1.82, 2.24) is 10.3 Å². The van der Waals surface area contributed by atoms with Gasteiger partial charge in [0.05, 0.1) is 24.6 Å².